The van der Waals surface area contributed by atoms with Crippen molar-refractivity contribution < 1.29 is 14.6 Å². The van der Waals surface area contributed by atoms with Gasteiger partial charge in [0, 0.05) is 36.0 Å². The Morgan fingerprint density at radius 1 is 1.09 bits per heavy atom. The van der Waals surface area contributed by atoms with Crippen LogP contribution in [0.1, 0.15) is 29.2 Å². The molecule has 0 fully saturated rings. The van der Waals surface area contributed by atoms with Gasteiger partial charge < -0.3 is 20.5 Å². The Bertz CT molecular complexity index is 1200. The number of hydrogen-bond acceptors (Lipinski definition) is 4. The number of aryl methyl sites for hydroxylation is 1. The fourth-order valence-electron chi connectivity index (χ4n) is 4.02. The van der Waals surface area contributed by atoms with Crippen LogP contribution in [0, 0.1) is 6.92 Å². The van der Waals surface area contributed by atoms with E-state index in [0.29, 0.717) is 25.3 Å². The van der Waals surface area contributed by atoms with Gasteiger partial charge >= 0.3 is 0 Å². The molecule has 1 heterocycles. The molecule has 1 aliphatic rings. The highest BCUT2D eigenvalue weighted by Crippen LogP contribution is 2.29. The van der Waals surface area contributed by atoms with Gasteiger partial charge in [-0.3, -0.25) is 4.79 Å². The summed E-state index contributed by atoms with van der Waals surface area (Å²) in [5.74, 6) is 0.606. The van der Waals surface area contributed by atoms with E-state index in [1.807, 2.05) is 55.5 Å². The Kier molecular flexibility index (Phi) is 7.45. The van der Waals surface area contributed by atoms with Crippen molar-refractivity contribution in [3.05, 3.63) is 107 Å². The van der Waals surface area contributed by atoms with Crippen LogP contribution in [0.4, 0.5) is 11.4 Å². The lowest BCUT2D eigenvalue weighted by Gasteiger charge is -2.24. The van der Waals surface area contributed by atoms with Crippen LogP contribution in [0.25, 0.3) is 5.57 Å². The van der Waals surface area contributed by atoms with E-state index in [1.165, 1.54) is 11.6 Å². The van der Waals surface area contributed by atoms with E-state index in [2.05, 4.69) is 41.8 Å². The largest absolute Gasteiger partial charge is 0.494 e. The summed E-state index contributed by atoms with van der Waals surface area (Å²) in [6, 6.07) is 22.0. The molecule has 174 valence electrons. The zero-order valence-corrected chi connectivity index (χ0v) is 19.5. The standard InChI is InChI=1S/C29H30N2O3/c1-3-34-24-16-14-22(15-17-24)25(21-12-10-20(2)11-13-21)6-4-9-29(33)31-28-8-5-7-27-26(28)18-23(32)19-30-27/h4-17,23,30,32H,3,18-19H2,1-2H3,(H,31,33)/b9-4+,25-6-. The highest BCUT2D eigenvalue weighted by molar-refractivity contribution is 6.00. The highest BCUT2D eigenvalue weighted by Gasteiger charge is 2.19. The number of hydrogen-bond donors (Lipinski definition) is 3. The number of β-amino-alcohol motifs (C(OH)–C–C–N with tert-alkyl or cyclic N) is 1. The Hall–Kier alpha value is -3.83. The number of allylic oxidation sites excluding steroid dienone is 2. The Morgan fingerprint density at radius 2 is 1.79 bits per heavy atom. The quantitative estimate of drug-likeness (QED) is 0.333. The smallest absolute Gasteiger partial charge is 0.248 e. The van der Waals surface area contributed by atoms with Crippen molar-refractivity contribution in [1.82, 2.24) is 0 Å². The first-order valence-electron chi connectivity index (χ1n) is 11.6. The van der Waals surface area contributed by atoms with Gasteiger partial charge in [-0.1, -0.05) is 60.2 Å². The number of ether oxygens (including phenoxy) is 1. The number of anilines is 2. The van der Waals surface area contributed by atoms with E-state index < -0.39 is 6.10 Å². The summed E-state index contributed by atoms with van der Waals surface area (Å²) < 4.78 is 5.57. The summed E-state index contributed by atoms with van der Waals surface area (Å²) in [5.41, 5.74) is 6.89. The topological polar surface area (TPSA) is 70.6 Å². The number of aliphatic hydroxyl groups excluding tert-OH is 1. The van der Waals surface area contributed by atoms with Gasteiger partial charge in [-0.25, -0.2) is 0 Å². The first-order valence-corrected chi connectivity index (χ1v) is 11.6. The van der Waals surface area contributed by atoms with Crippen LogP contribution in [0.5, 0.6) is 5.75 Å². The van der Waals surface area contributed by atoms with Crippen LogP contribution in [0.3, 0.4) is 0 Å². The van der Waals surface area contributed by atoms with Crippen molar-refractivity contribution in [1.29, 1.82) is 0 Å². The number of amides is 1. The van der Waals surface area contributed by atoms with E-state index in [4.69, 9.17) is 4.74 Å². The zero-order chi connectivity index (χ0) is 23.9. The summed E-state index contributed by atoms with van der Waals surface area (Å²) in [7, 11) is 0. The molecule has 5 heteroatoms. The molecule has 1 atom stereocenters. The lowest BCUT2D eigenvalue weighted by Crippen LogP contribution is -2.28. The maximum atomic E-state index is 12.7. The van der Waals surface area contributed by atoms with Crippen LogP contribution < -0.4 is 15.4 Å². The molecule has 1 amide bonds. The number of benzene rings is 3. The fourth-order valence-corrected chi connectivity index (χ4v) is 4.02. The number of fused-ring (bicyclic) bond motifs is 1. The lowest BCUT2D eigenvalue weighted by atomic mass is 9.96. The average Bonchev–Trinajstić information content (AvgIpc) is 2.84. The van der Waals surface area contributed by atoms with Crippen LogP contribution in [0.2, 0.25) is 0 Å². The summed E-state index contributed by atoms with van der Waals surface area (Å²) in [6.45, 7) is 5.16. The first kappa shape index (κ1) is 23.3. The molecule has 34 heavy (non-hydrogen) atoms. The summed E-state index contributed by atoms with van der Waals surface area (Å²) >= 11 is 0. The van der Waals surface area contributed by atoms with Gasteiger partial charge in [0.2, 0.25) is 5.91 Å². The predicted octanol–water partition coefficient (Wildman–Crippen LogP) is 5.35. The number of carbonyl (C=O) groups excluding carboxylic acids is 1. The van der Waals surface area contributed by atoms with Crippen molar-refractivity contribution in [2.75, 3.05) is 23.8 Å². The SMILES string of the molecule is CCOc1ccc(/C(=C\C=C\C(=O)Nc2cccc3c2CC(O)CN3)c2ccc(C)cc2)cc1. The molecule has 1 unspecified atom stereocenters. The van der Waals surface area contributed by atoms with Crippen molar-refractivity contribution in [2.24, 2.45) is 0 Å². The molecular weight excluding hydrogens is 424 g/mol. The second-order valence-electron chi connectivity index (χ2n) is 8.32. The van der Waals surface area contributed by atoms with Gasteiger partial charge in [0.05, 0.1) is 12.7 Å². The van der Waals surface area contributed by atoms with Gasteiger partial charge in [-0.15, -0.1) is 0 Å². The Morgan fingerprint density at radius 3 is 2.50 bits per heavy atom. The molecular formula is C29H30N2O3. The third-order valence-electron chi connectivity index (χ3n) is 5.75. The van der Waals surface area contributed by atoms with Crippen molar-refractivity contribution in [3.63, 3.8) is 0 Å². The minimum Gasteiger partial charge on any atom is -0.494 e. The molecule has 0 radical (unpaired) electrons. The molecule has 5 nitrogen and oxygen atoms in total. The minimum atomic E-state index is -0.463. The first-order chi connectivity index (χ1) is 16.5. The molecule has 3 N–H and O–H groups in total. The van der Waals surface area contributed by atoms with Gasteiger partial charge in [0.15, 0.2) is 0 Å². The molecule has 0 saturated heterocycles. The number of rotatable bonds is 7. The van der Waals surface area contributed by atoms with E-state index in [-0.39, 0.29) is 5.91 Å². The molecule has 3 aromatic rings. The fraction of sp³-hybridized carbons (Fsp3) is 0.207. The van der Waals surface area contributed by atoms with Gasteiger partial charge in [-0.05, 0) is 54.8 Å². The monoisotopic (exact) mass is 454 g/mol. The molecule has 3 aromatic carbocycles. The average molecular weight is 455 g/mol. The third kappa shape index (κ3) is 5.74. The summed E-state index contributed by atoms with van der Waals surface area (Å²) in [5, 5.41) is 16.1. The molecule has 4 rings (SSSR count). The van der Waals surface area contributed by atoms with Crippen molar-refractivity contribution >= 4 is 22.9 Å². The van der Waals surface area contributed by atoms with E-state index in [9.17, 15) is 9.90 Å². The summed E-state index contributed by atoms with van der Waals surface area (Å²) in [4.78, 5) is 12.7. The Labute approximate surface area is 200 Å². The van der Waals surface area contributed by atoms with E-state index >= 15 is 0 Å². The summed E-state index contributed by atoms with van der Waals surface area (Å²) in [6.07, 6.45) is 5.29. The van der Waals surface area contributed by atoms with E-state index in [0.717, 1.165) is 33.7 Å². The predicted molar refractivity (Wildman–Crippen MR) is 138 cm³/mol. The van der Waals surface area contributed by atoms with Gasteiger partial charge in [0.1, 0.15) is 5.75 Å². The van der Waals surface area contributed by atoms with Crippen molar-refractivity contribution in [2.45, 2.75) is 26.4 Å². The number of nitrogens with one attached hydrogen (secondary N) is 2. The van der Waals surface area contributed by atoms with Crippen LogP contribution >= 0.6 is 0 Å². The van der Waals surface area contributed by atoms with Crippen LogP contribution in [-0.2, 0) is 11.2 Å². The zero-order valence-electron chi connectivity index (χ0n) is 19.5. The Balaban J connectivity index is 1.55. The third-order valence-corrected chi connectivity index (χ3v) is 5.75. The van der Waals surface area contributed by atoms with Gasteiger partial charge in [0.25, 0.3) is 0 Å². The van der Waals surface area contributed by atoms with Crippen LogP contribution in [0.15, 0.2) is 85.0 Å². The highest BCUT2D eigenvalue weighted by atomic mass is 16.5. The molecule has 0 aliphatic carbocycles. The van der Waals surface area contributed by atoms with Crippen molar-refractivity contribution in [3.8, 4) is 5.75 Å². The minimum absolute atomic E-state index is 0.223. The normalized spacial score (nSPS) is 15.5. The number of carbonyl (C=O) groups is 1. The van der Waals surface area contributed by atoms with Gasteiger partial charge in [-0.2, -0.15) is 0 Å². The lowest BCUT2D eigenvalue weighted by molar-refractivity contribution is -0.111. The maximum absolute atomic E-state index is 12.7. The second-order valence-corrected chi connectivity index (χ2v) is 8.32. The molecule has 0 saturated carbocycles. The number of aliphatic hydroxyl groups is 1. The molecule has 0 aromatic heterocycles. The molecule has 1 aliphatic heterocycles. The van der Waals surface area contributed by atoms with E-state index in [1.54, 1.807) is 6.08 Å². The second kappa shape index (κ2) is 10.9. The molecule has 0 bridgehead atoms. The molecule has 0 spiro atoms. The van der Waals surface area contributed by atoms with Crippen LogP contribution in [-0.4, -0.2) is 30.3 Å². The maximum Gasteiger partial charge on any atom is 0.248 e.